The number of nitrogens with zero attached hydrogens (tertiary/aromatic N) is 2. The van der Waals surface area contributed by atoms with Gasteiger partial charge in [0, 0.05) is 37.7 Å². The fraction of sp³-hybridized carbons (Fsp3) is 0.600. The van der Waals surface area contributed by atoms with Crippen LogP contribution >= 0.6 is 11.6 Å². The maximum Gasteiger partial charge on any atom is 0.254 e. The second-order valence-corrected chi connectivity index (χ2v) is 7.43. The highest BCUT2D eigenvalue weighted by Crippen LogP contribution is 2.36. The average molecular weight is 395 g/mol. The Balaban J connectivity index is 1.65. The summed E-state index contributed by atoms with van der Waals surface area (Å²) in [5, 5.41) is 0.356. The minimum Gasteiger partial charge on any atom is -0.493 e. The van der Waals surface area contributed by atoms with Crippen LogP contribution in [0.1, 0.15) is 43.0 Å². The minimum atomic E-state index is -0.105. The Bertz CT molecular complexity index is 695. The van der Waals surface area contributed by atoms with E-state index < -0.39 is 0 Å². The van der Waals surface area contributed by atoms with Crippen molar-refractivity contribution in [3.63, 3.8) is 0 Å². The van der Waals surface area contributed by atoms with Gasteiger partial charge >= 0.3 is 0 Å². The molecule has 0 bridgehead atoms. The molecule has 148 valence electrons. The molecule has 2 fully saturated rings. The molecule has 6 nitrogen and oxygen atoms in total. The van der Waals surface area contributed by atoms with Gasteiger partial charge in [-0.15, -0.1) is 0 Å². The van der Waals surface area contributed by atoms with Gasteiger partial charge in [-0.25, -0.2) is 0 Å². The van der Waals surface area contributed by atoms with Crippen molar-refractivity contribution >= 4 is 23.4 Å². The molecule has 1 aromatic carbocycles. The summed E-state index contributed by atoms with van der Waals surface area (Å²) in [5.74, 6) is 1.23. The smallest absolute Gasteiger partial charge is 0.254 e. The monoisotopic (exact) mass is 394 g/mol. The summed E-state index contributed by atoms with van der Waals surface area (Å²) in [6, 6.07) is 3.28. The van der Waals surface area contributed by atoms with Crippen LogP contribution in [-0.2, 0) is 4.79 Å². The van der Waals surface area contributed by atoms with Gasteiger partial charge in [-0.2, -0.15) is 0 Å². The van der Waals surface area contributed by atoms with Crippen molar-refractivity contribution in [2.75, 3.05) is 39.9 Å². The molecule has 1 saturated heterocycles. The van der Waals surface area contributed by atoms with Crippen LogP contribution in [0.25, 0.3) is 0 Å². The molecule has 1 aliphatic heterocycles. The van der Waals surface area contributed by atoms with Crippen LogP contribution in [0, 0.1) is 5.92 Å². The van der Waals surface area contributed by atoms with Crippen LogP contribution < -0.4 is 9.47 Å². The molecule has 0 unspecified atom stereocenters. The predicted molar refractivity (Wildman–Crippen MR) is 104 cm³/mol. The molecule has 3 rings (SSSR count). The molecule has 1 aromatic rings. The highest BCUT2D eigenvalue weighted by Gasteiger charge is 2.31. The van der Waals surface area contributed by atoms with E-state index in [0.29, 0.717) is 54.9 Å². The van der Waals surface area contributed by atoms with Crippen LogP contribution in [0.4, 0.5) is 0 Å². The zero-order valence-corrected chi connectivity index (χ0v) is 16.8. The lowest BCUT2D eigenvalue weighted by Crippen LogP contribution is -2.51. The first kappa shape index (κ1) is 19.8. The first-order chi connectivity index (χ1) is 13.0. The van der Waals surface area contributed by atoms with Crippen molar-refractivity contribution in [3.05, 3.63) is 22.7 Å². The van der Waals surface area contributed by atoms with Gasteiger partial charge in [0.25, 0.3) is 5.91 Å². The molecule has 1 aliphatic carbocycles. The van der Waals surface area contributed by atoms with Gasteiger partial charge < -0.3 is 19.3 Å². The van der Waals surface area contributed by atoms with Crippen molar-refractivity contribution in [3.8, 4) is 11.5 Å². The van der Waals surface area contributed by atoms with E-state index in [9.17, 15) is 9.59 Å². The molecule has 1 saturated carbocycles. The second kappa shape index (κ2) is 8.83. The van der Waals surface area contributed by atoms with Gasteiger partial charge in [-0.3, -0.25) is 9.59 Å². The molecule has 0 radical (unpaired) electrons. The van der Waals surface area contributed by atoms with Crippen LogP contribution in [0.2, 0.25) is 5.02 Å². The zero-order valence-electron chi connectivity index (χ0n) is 16.0. The minimum absolute atomic E-state index is 0.105. The Kier molecular flexibility index (Phi) is 6.47. The number of halogens is 1. The van der Waals surface area contributed by atoms with E-state index in [-0.39, 0.29) is 17.7 Å². The lowest BCUT2D eigenvalue weighted by Gasteiger charge is -2.36. The van der Waals surface area contributed by atoms with E-state index in [1.54, 1.807) is 17.0 Å². The third-order valence-corrected chi connectivity index (χ3v) is 5.63. The molecule has 0 N–H and O–H groups in total. The van der Waals surface area contributed by atoms with Crippen molar-refractivity contribution < 1.29 is 19.1 Å². The zero-order chi connectivity index (χ0) is 19.4. The first-order valence-corrected chi connectivity index (χ1v) is 10.0. The molecule has 0 spiro atoms. The normalized spacial score (nSPS) is 17.9. The van der Waals surface area contributed by atoms with Crippen molar-refractivity contribution in [2.24, 2.45) is 5.92 Å². The van der Waals surface area contributed by atoms with Gasteiger partial charge in [0.1, 0.15) is 0 Å². The number of ether oxygens (including phenoxy) is 2. The highest BCUT2D eigenvalue weighted by atomic mass is 35.5. The quantitative estimate of drug-likeness (QED) is 0.769. The summed E-state index contributed by atoms with van der Waals surface area (Å²) in [5.41, 5.74) is 0.468. The predicted octanol–water partition coefficient (Wildman–Crippen LogP) is 3.22. The largest absolute Gasteiger partial charge is 0.493 e. The molecule has 1 heterocycles. The fourth-order valence-corrected chi connectivity index (χ4v) is 4.14. The maximum absolute atomic E-state index is 12.9. The van der Waals surface area contributed by atoms with E-state index in [1.165, 1.54) is 7.11 Å². The van der Waals surface area contributed by atoms with Crippen molar-refractivity contribution in [2.45, 2.75) is 32.6 Å². The maximum atomic E-state index is 12.9. The number of carbonyl (C=O) groups is 2. The molecule has 7 heteroatoms. The summed E-state index contributed by atoms with van der Waals surface area (Å²) in [4.78, 5) is 29.1. The number of methoxy groups -OCH3 is 1. The number of hydrogen-bond acceptors (Lipinski definition) is 4. The molecule has 2 aliphatic rings. The van der Waals surface area contributed by atoms with Crippen molar-refractivity contribution in [1.82, 2.24) is 9.80 Å². The Morgan fingerprint density at radius 2 is 1.74 bits per heavy atom. The molecule has 27 heavy (non-hydrogen) atoms. The van der Waals surface area contributed by atoms with Crippen LogP contribution in [-0.4, -0.2) is 61.5 Å². The lowest BCUT2D eigenvalue weighted by atomic mass is 10.1. The molecule has 2 amide bonds. The number of piperazine rings is 1. The van der Waals surface area contributed by atoms with Crippen LogP contribution in [0.3, 0.4) is 0 Å². The Morgan fingerprint density at radius 1 is 1.11 bits per heavy atom. The first-order valence-electron chi connectivity index (χ1n) is 9.63. The summed E-state index contributed by atoms with van der Waals surface area (Å²) >= 11 is 6.28. The molecular formula is C20H27ClN2O4. The summed E-state index contributed by atoms with van der Waals surface area (Å²) < 4.78 is 10.8. The lowest BCUT2D eigenvalue weighted by molar-refractivity contribution is -0.136. The molecule has 0 aromatic heterocycles. The topological polar surface area (TPSA) is 59.1 Å². The standard InChI is InChI=1S/C20H27ClN2O4/c1-3-27-18-16(21)12-15(13-17(18)26-2)20(25)23-10-8-22(9-11-23)19(24)14-6-4-5-7-14/h12-14H,3-11H2,1-2H3. The van der Waals surface area contributed by atoms with Gasteiger partial charge in [-0.1, -0.05) is 24.4 Å². The van der Waals surface area contributed by atoms with Crippen molar-refractivity contribution in [1.29, 1.82) is 0 Å². The second-order valence-electron chi connectivity index (χ2n) is 7.02. The molecular weight excluding hydrogens is 368 g/mol. The third-order valence-electron chi connectivity index (χ3n) is 5.35. The van der Waals surface area contributed by atoms with Crippen LogP contribution in [0.15, 0.2) is 12.1 Å². The number of hydrogen-bond donors (Lipinski definition) is 0. The molecule has 0 atom stereocenters. The van der Waals surface area contributed by atoms with E-state index in [0.717, 1.165) is 25.7 Å². The number of carbonyl (C=O) groups excluding carboxylic acids is 2. The summed E-state index contributed by atoms with van der Waals surface area (Å²) in [6.07, 6.45) is 4.30. The van der Waals surface area contributed by atoms with Gasteiger partial charge in [0.15, 0.2) is 11.5 Å². The number of benzene rings is 1. The Morgan fingerprint density at radius 3 is 2.33 bits per heavy atom. The number of amides is 2. The van der Waals surface area contributed by atoms with Crippen LogP contribution in [0.5, 0.6) is 11.5 Å². The van der Waals surface area contributed by atoms with E-state index >= 15 is 0 Å². The third kappa shape index (κ3) is 4.32. The summed E-state index contributed by atoms with van der Waals surface area (Å²) in [7, 11) is 1.52. The summed E-state index contributed by atoms with van der Waals surface area (Å²) in [6.45, 7) is 4.56. The van der Waals surface area contributed by atoms with Gasteiger partial charge in [0.2, 0.25) is 5.91 Å². The SMILES string of the molecule is CCOc1c(Cl)cc(C(=O)N2CCN(C(=O)C3CCCC3)CC2)cc1OC. The fourth-order valence-electron chi connectivity index (χ4n) is 3.87. The van der Waals surface area contributed by atoms with E-state index in [1.807, 2.05) is 11.8 Å². The number of rotatable bonds is 5. The van der Waals surface area contributed by atoms with E-state index in [2.05, 4.69) is 0 Å². The Hall–Kier alpha value is -1.95. The van der Waals surface area contributed by atoms with E-state index in [4.69, 9.17) is 21.1 Å². The average Bonchev–Trinajstić information content (AvgIpc) is 3.23. The van der Waals surface area contributed by atoms with Gasteiger partial charge in [0.05, 0.1) is 18.7 Å². The highest BCUT2D eigenvalue weighted by molar-refractivity contribution is 6.32. The van der Waals surface area contributed by atoms with Gasteiger partial charge in [-0.05, 0) is 31.9 Å². The Labute approximate surface area is 165 Å².